The van der Waals surface area contributed by atoms with E-state index in [0.29, 0.717) is 25.3 Å². The number of aliphatic carboxylic acids is 1. The zero-order valence-electron chi connectivity index (χ0n) is 12.6. The molecule has 0 aliphatic heterocycles. The first-order valence-electron chi connectivity index (χ1n) is 7.54. The maximum atomic E-state index is 12.2. The van der Waals surface area contributed by atoms with E-state index in [1.165, 1.54) is 11.1 Å². The molecule has 0 heterocycles. The largest absolute Gasteiger partial charge is 0.481 e. The first kappa shape index (κ1) is 15.5. The molecule has 1 aliphatic carbocycles. The van der Waals surface area contributed by atoms with Crippen LogP contribution in [0.1, 0.15) is 30.9 Å². The summed E-state index contributed by atoms with van der Waals surface area (Å²) in [6, 6.07) is 8.09. The number of carboxylic acid groups (broad SMARTS) is 1. The average Bonchev–Trinajstić information content (AvgIpc) is 2.83. The summed E-state index contributed by atoms with van der Waals surface area (Å²) in [4.78, 5) is 23.4. The average molecular weight is 289 g/mol. The van der Waals surface area contributed by atoms with Gasteiger partial charge in [-0.05, 0) is 43.2 Å². The summed E-state index contributed by atoms with van der Waals surface area (Å²) in [6.45, 7) is 4.62. The third-order valence-corrected chi connectivity index (χ3v) is 4.41. The fraction of sp³-hybridized carbons (Fsp3) is 0.529. The fourth-order valence-electron chi connectivity index (χ4n) is 3.20. The Labute approximate surface area is 125 Å². The SMILES string of the molecule is Cc1ccccc1CCNC(=O)[C@H]1CC(C)C[C@H]1C(=O)O. The Kier molecular flexibility index (Phi) is 4.99. The van der Waals surface area contributed by atoms with Crippen LogP contribution in [0, 0.1) is 24.7 Å². The molecule has 1 saturated carbocycles. The van der Waals surface area contributed by atoms with E-state index in [2.05, 4.69) is 24.4 Å². The lowest BCUT2D eigenvalue weighted by Gasteiger charge is -2.15. The van der Waals surface area contributed by atoms with Crippen molar-refractivity contribution in [2.24, 2.45) is 17.8 Å². The Hall–Kier alpha value is -1.84. The molecule has 1 unspecified atom stereocenters. The lowest BCUT2D eigenvalue weighted by Crippen LogP contribution is -2.36. The standard InChI is InChI=1S/C17H23NO3/c1-11-9-14(15(10-11)17(20)21)16(19)18-8-7-13-6-4-3-5-12(13)2/h3-6,11,14-15H,7-10H2,1-2H3,(H,18,19)(H,20,21)/t11?,14-,15+/m0/s1. The van der Waals surface area contributed by atoms with Crippen LogP contribution in [0.2, 0.25) is 0 Å². The number of benzene rings is 1. The highest BCUT2D eigenvalue weighted by molar-refractivity contribution is 5.85. The lowest BCUT2D eigenvalue weighted by atomic mass is 9.95. The van der Waals surface area contributed by atoms with Crippen molar-refractivity contribution in [3.63, 3.8) is 0 Å². The Morgan fingerprint density at radius 3 is 2.57 bits per heavy atom. The van der Waals surface area contributed by atoms with Gasteiger partial charge in [0.05, 0.1) is 11.8 Å². The molecule has 0 saturated heterocycles. The van der Waals surface area contributed by atoms with E-state index in [9.17, 15) is 14.7 Å². The number of carbonyl (C=O) groups is 2. The summed E-state index contributed by atoms with van der Waals surface area (Å²) in [7, 11) is 0. The molecule has 1 amide bonds. The van der Waals surface area contributed by atoms with Crippen LogP contribution < -0.4 is 5.32 Å². The summed E-state index contributed by atoms with van der Waals surface area (Å²) < 4.78 is 0. The van der Waals surface area contributed by atoms with Crippen LogP contribution in [-0.4, -0.2) is 23.5 Å². The molecule has 0 spiro atoms. The van der Waals surface area contributed by atoms with Gasteiger partial charge in [-0.25, -0.2) is 0 Å². The van der Waals surface area contributed by atoms with E-state index in [0.717, 1.165) is 6.42 Å². The Morgan fingerprint density at radius 2 is 1.90 bits per heavy atom. The van der Waals surface area contributed by atoms with E-state index in [4.69, 9.17) is 0 Å². The van der Waals surface area contributed by atoms with Crippen LogP contribution in [0.15, 0.2) is 24.3 Å². The molecule has 0 radical (unpaired) electrons. The molecule has 114 valence electrons. The quantitative estimate of drug-likeness (QED) is 0.874. The molecule has 0 aromatic heterocycles. The molecule has 0 bridgehead atoms. The third kappa shape index (κ3) is 3.84. The smallest absolute Gasteiger partial charge is 0.307 e. The maximum Gasteiger partial charge on any atom is 0.307 e. The Bertz CT molecular complexity index is 527. The van der Waals surface area contributed by atoms with Crippen LogP contribution >= 0.6 is 0 Å². The van der Waals surface area contributed by atoms with E-state index >= 15 is 0 Å². The molecule has 2 rings (SSSR count). The summed E-state index contributed by atoms with van der Waals surface area (Å²) in [5, 5.41) is 12.1. The van der Waals surface area contributed by atoms with Crippen molar-refractivity contribution in [3.8, 4) is 0 Å². The van der Waals surface area contributed by atoms with Crippen molar-refractivity contribution in [1.82, 2.24) is 5.32 Å². The first-order valence-corrected chi connectivity index (χ1v) is 7.54. The van der Waals surface area contributed by atoms with Gasteiger partial charge in [-0.1, -0.05) is 31.2 Å². The van der Waals surface area contributed by atoms with Crippen molar-refractivity contribution in [1.29, 1.82) is 0 Å². The van der Waals surface area contributed by atoms with Gasteiger partial charge < -0.3 is 10.4 Å². The van der Waals surface area contributed by atoms with E-state index in [1.807, 2.05) is 19.1 Å². The van der Waals surface area contributed by atoms with Crippen LogP contribution in [0.3, 0.4) is 0 Å². The molecule has 3 atom stereocenters. The molecule has 2 N–H and O–H groups in total. The third-order valence-electron chi connectivity index (χ3n) is 4.41. The van der Waals surface area contributed by atoms with Crippen LogP contribution in [0.5, 0.6) is 0 Å². The number of rotatable bonds is 5. The minimum atomic E-state index is -0.849. The predicted octanol–water partition coefficient (Wildman–Crippen LogP) is 2.40. The van der Waals surface area contributed by atoms with Gasteiger partial charge in [0.1, 0.15) is 0 Å². The zero-order valence-corrected chi connectivity index (χ0v) is 12.6. The highest BCUT2D eigenvalue weighted by Crippen LogP contribution is 2.36. The Balaban J connectivity index is 1.87. The molecule has 1 fully saturated rings. The van der Waals surface area contributed by atoms with Crippen molar-refractivity contribution >= 4 is 11.9 Å². The van der Waals surface area contributed by atoms with Crippen LogP contribution in [0.4, 0.5) is 0 Å². The monoisotopic (exact) mass is 289 g/mol. The van der Waals surface area contributed by atoms with Gasteiger partial charge >= 0.3 is 5.97 Å². The normalized spacial score (nSPS) is 24.8. The zero-order chi connectivity index (χ0) is 15.4. The summed E-state index contributed by atoms with van der Waals surface area (Å²) >= 11 is 0. The van der Waals surface area contributed by atoms with Crippen molar-refractivity contribution in [2.75, 3.05) is 6.54 Å². The summed E-state index contributed by atoms with van der Waals surface area (Å²) in [5.41, 5.74) is 2.43. The van der Waals surface area contributed by atoms with Gasteiger partial charge in [0.25, 0.3) is 0 Å². The van der Waals surface area contributed by atoms with E-state index in [1.54, 1.807) is 0 Å². The van der Waals surface area contributed by atoms with Crippen molar-refractivity contribution < 1.29 is 14.7 Å². The second-order valence-corrected chi connectivity index (χ2v) is 6.10. The molecule has 1 aromatic rings. The number of nitrogens with one attached hydrogen (secondary N) is 1. The molecular formula is C17H23NO3. The number of hydrogen-bond donors (Lipinski definition) is 2. The molecule has 1 aromatic carbocycles. The van der Waals surface area contributed by atoms with Crippen molar-refractivity contribution in [3.05, 3.63) is 35.4 Å². The topological polar surface area (TPSA) is 66.4 Å². The van der Waals surface area contributed by atoms with Gasteiger partial charge in [-0.15, -0.1) is 0 Å². The highest BCUT2D eigenvalue weighted by atomic mass is 16.4. The number of hydrogen-bond acceptors (Lipinski definition) is 2. The van der Waals surface area contributed by atoms with E-state index < -0.39 is 11.9 Å². The van der Waals surface area contributed by atoms with Crippen molar-refractivity contribution in [2.45, 2.75) is 33.1 Å². The second kappa shape index (κ2) is 6.74. The Morgan fingerprint density at radius 1 is 1.24 bits per heavy atom. The van der Waals surface area contributed by atoms with Crippen LogP contribution in [0.25, 0.3) is 0 Å². The molecule has 4 nitrogen and oxygen atoms in total. The minimum absolute atomic E-state index is 0.111. The number of aryl methyl sites for hydroxylation is 1. The van der Waals surface area contributed by atoms with Gasteiger partial charge in [-0.3, -0.25) is 9.59 Å². The van der Waals surface area contributed by atoms with Gasteiger partial charge in [-0.2, -0.15) is 0 Å². The second-order valence-electron chi connectivity index (χ2n) is 6.10. The fourth-order valence-corrected chi connectivity index (χ4v) is 3.20. The number of carboxylic acids is 1. The van der Waals surface area contributed by atoms with Gasteiger partial charge in [0.2, 0.25) is 5.91 Å². The maximum absolute atomic E-state index is 12.2. The first-order chi connectivity index (χ1) is 9.99. The summed E-state index contributed by atoms with van der Waals surface area (Å²) in [6.07, 6.45) is 2.05. The lowest BCUT2D eigenvalue weighted by molar-refractivity contribution is -0.146. The van der Waals surface area contributed by atoms with Gasteiger partial charge in [0, 0.05) is 6.54 Å². The minimum Gasteiger partial charge on any atom is -0.481 e. The molecule has 4 heteroatoms. The summed E-state index contributed by atoms with van der Waals surface area (Å²) in [5.74, 6) is -1.57. The number of carbonyl (C=O) groups excluding carboxylic acids is 1. The highest BCUT2D eigenvalue weighted by Gasteiger charge is 2.40. The molecular weight excluding hydrogens is 266 g/mol. The van der Waals surface area contributed by atoms with Gasteiger partial charge in [0.15, 0.2) is 0 Å². The van der Waals surface area contributed by atoms with Crippen LogP contribution in [-0.2, 0) is 16.0 Å². The van der Waals surface area contributed by atoms with E-state index in [-0.39, 0.29) is 11.8 Å². The number of amides is 1. The predicted molar refractivity (Wildman–Crippen MR) is 80.9 cm³/mol. The molecule has 1 aliphatic rings. The molecule has 21 heavy (non-hydrogen) atoms.